The molecule has 8 aromatic rings. The minimum absolute atomic E-state index is 0.0730. The van der Waals surface area contributed by atoms with Crippen LogP contribution in [0.2, 0.25) is 0 Å². The first-order chi connectivity index (χ1) is 29.9. The molecule has 4 bridgehead atoms. The standard InChI is InChI=1S/C59H57NO2/c1-36(2)57-26-22-55(5,23-27-57)48-32-42-44-30-41(59(38-16-10-7-11-17-38,39-18-12-8-13-19-39)40-20-14-9-15-21-40)31-45-43-33-49-47(54(62)58(37(3)4)28-24-56(49,6)25-29-58)35-51(43)60(52(44)45)50(42)34-46(48)53(57)61/h7-21,30-37H,22-29H2,1-6H3. The van der Waals surface area contributed by atoms with E-state index in [1.54, 1.807) is 0 Å². The third kappa shape index (κ3) is 4.68. The topological polar surface area (TPSA) is 38.5 Å². The van der Waals surface area contributed by atoms with Gasteiger partial charge >= 0.3 is 0 Å². The molecule has 62 heavy (non-hydrogen) atoms. The van der Waals surface area contributed by atoms with Crippen molar-refractivity contribution in [3.63, 3.8) is 0 Å². The molecule has 2 saturated carbocycles. The number of rotatable bonds is 6. The van der Waals surface area contributed by atoms with Gasteiger partial charge in [-0.1, -0.05) is 133 Å². The smallest absolute Gasteiger partial charge is 0.169 e. The largest absolute Gasteiger partial charge is 0.308 e. The van der Waals surface area contributed by atoms with Crippen molar-refractivity contribution in [2.24, 2.45) is 22.7 Å². The molecule has 0 radical (unpaired) electrons. The van der Waals surface area contributed by atoms with Crippen LogP contribution >= 0.6 is 0 Å². The van der Waals surface area contributed by atoms with Crippen LogP contribution in [-0.2, 0) is 16.2 Å². The van der Waals surface area contributed by atoms with Gasteiger partial charge in [-0.15, -0.1) is 0 Å². The number of hydrogen-bond acceptors (Lipinski definition) is 2. The first kappa shape index (κ1) is 38.2. The number of nitrogens with zero attached hydrogens (tertiary/aromatic N) is 1. The van der Waals surface area contributed by atoms with Crippen LogP contribution in [0.4, 0.5) is 0 Å². The molecule has 6 aliphatic rings. The minimum Gasteiger partial charge on any atom is -0.308 e. The van der Waals surface area contributed by atoms with Crippen LogP contribution in [0.5, 0.6) is 0 Å². The van der Waals surface area contributed by atoms with Crippen molar-refractivity contribution in [1.29, 1.82) is 0 Å². The summed E-state index contributed by atoms with van der Waals surface area (Å²) in [5, 5.41) is 4.81. The fourth-order valence-electron chi connectivity index (χ4n) is 14.0. The molecule has 2 fully saturated rings. The molecule has 0 spiro atoms. The van der Waals surface area contributed by atoms with E-state index in [4.69, 9.17) is 0 Å². The molecular formula is C59H57NO2. The number of carbonyl (C=O) groups excluding carboxylic acids is 2. The predicted octanol–water partition coefficient (Wildman–Crippen LogP) is 14.6. The Labute approximate surface area is 365 Å². The van der Waals surface area contributed by atoms with Crippen molar-refractivity contribution in [3.8, 4) is 0 Å². The lowest BCUT2D eigenvalue weighted by Crippen LogP contribution is -2.39. The van der Waals surface area contributed by atoms with Crippen molar-refractivity contribution in [2.75, 3.05) is 0 Å². The number of benzene rings is 6. The molecule has 14 rings (SSSR count). The van der Waals surface area contributed by atoms with E-state index in [-0.39, 0.29) is 33.5 Å². The maximum atomic E-state index is 15.2. The van der Waals surface area contributed by atoms with Gasteiger partial charge < -0.3 is 4.40 Å². The predicted molar refractivity (Wildman–Crippen MR) is 254 cm³/mol. The molecule has 6 aromatic carbocycles. The van der Waals surface area contributed by atoms with Crippen LogP contribution in [0.1, 0.15) is 147 Å². The van der Waals surface area contributed by atoms with Gasteiger partial charge in [0.15, 0.2) is 11.6 Å². The summed E-state index contributed by atoms with van der Waals surface area (Å²) in [5.74, 6) is 1.21. The molecule has 0 aliphatic heterocycles. The zero-order chi connectivity index (χ0) is 42.6. The Bertz CT molecular complexity index is 2890. The Balaban J connectivity index is 1.27. The summed E-state index contributed by atoms with van der Waals surface area (Å²) >= 11 is 0. The quantitative estimate of drug-likeness (QED) is 0.157. The van der Waals surface area contributed by atoms with Gasteiger partial charge in [-0.05, 0) is 144 Å². The summed E-state index contributed by atoms with van der Waals surface area (Å²) in [6.07, 6.45) is 7.86. The Morgan fingerprint density at radius 2 is 0.806 bits per heavy atom. The Morgan fingerprint density at radius 1 is 0.452 bits per heavy atom. The highest BCUT2D eigenvalue weighted by Crippen LogP contribution is 2.60. The van der Waals surface area contributed by atoms with Gasteiger partial charge in [-0.25, -0.2) is 0 Å². The second-order valence-electron chi connectivity index (χ2n) is 21.3. The molecule has 0 atom stereocenters. The third-order valence-corrected chi connectivity index (χ3v) is 18.1. The highest BCUT2D eigenvalue weighted by atomic mass is 16.1. The molecule has 3 nitrogen and oxygen atoms in total. The fourth-order valence-corrected chi connectivity index (χ4v) is 14.0. The van der Waals surface area contributed by atoms with Crippen molar-refractivity contribution >= 4 is 49.7 Å². The van der Waals surface area contributed by atoms with E-state index >= 15 is 9.59 Å². The highest BCUT2D eigenvalue weighted by molar-refractivity contribution is 6.25. The Hall–Kier alpha value is -5.54. The van der Waals surface area contributed by atoms with E-state index in [0.717, 1.165) is 73.5 Å². The average Bonchev–Trinajstić information content (AvgIpc) is 3.68. The maximum Gasteiger partial charge on any atom is 0.169 e. The monoisotopic (exact) mass is 811 g/mol. The Kier molecular flexibility index (Phi) is 7.86. The maximum absolute atomic E-state index is 15.2. The lowest BCUT2D eigenvalue weighted by atomic mass is 9.60. The van der Waals surface area contributed by atoms with Gasteiger partial charge in [0, 0.05) is 43.5 Å². The Morgan fingerprint density at radius 3 is 1.15 bits per heavy atom. The van der Waals surface area contributed by atoms with Gasteiger partial charge in [-0.2, -0.15) is 0 Å². The summed E-state index contributed by atoms with van der Waals surface area (Å²) in [7, 11) is 0. The first-order valence-electron chi connectivity index (χ1n) is 23.5. The lowest BCUT2D eigenvalue weighted by molar-refractivity contribution is 0.0537. The normalized spacial score (nSPS) is 26.0. The van der Waals surface area contributed by atoms with Crippen LogP contribution in [0.15, 0.2) is 127 Å². The molecule has 0 saturated heterocycles. The van der Waals surface area contributed by atoms with Crippen molar-refractivity contribution in [3.05, 3.63) is 172 Å². The molecule has 0 unspecified atom stereocenters. The second-order valence-corrected chi connectivity index (χ2v) is 21.3. The first-order valence-corrected chi connectivity index (χ1v) is 23.5. The molecule has 2 aromatic heterocycles. The van der Waals surface area contributed by atoms with E-state index in [1.807, 2.05) is 0 Å². The zero-order valence-electron chi connectivity index (χ0n) is 37.2. The van der Waals surface area contributed by atoms with Gasteiger partial charge in [0.05, 0.1) is 22.0 Å². The van der Waals surface area contributed by atoms with E-state index in [2.05, 4.69) is 173 Å². The van der Waals surface area contributed by atoms with Crippen LogP contribution in [0, 0.1) is 22.7 Å². The van der Waals surface area contributed by atoms with Crippen molar-refractivity contribution < 1.29 is 9.59 Å². The van der Waals surface area contributed by atoms with Crippen molar-refractivity contribution in [2.45, 2.75) is 109 Å². The third-order valence-electron chi connectivity index (χ3n) is 18.1. The molecule has 310 valence electrons. The number of ketones is 2. The number of fused-ring (bicyclic) bond motifs is 10. The number of hydrogen-bond donors (Lipinski definition) is 0. The molecule has 3 heteroatoms. The van der Waals surface area contributed by atoms with E-state index < -0.39 is 5.41 Å². The van der Waals surface area contributed by atoms with Crippen molar-refractivity contribution in [1.82, 2.24) is 4.40 Å². The van der Waals surface area contributed by atoms with Gasteiger partial charge in [0.1, 0.15) is 0 Å². The van der Waals surface area contributed by atoms with Crippen LogP contribution in [0.3, 0.4) is 0 Å². The molecule has 0 amide bonds. The SMILES string of the molecule is CC(C)C12CCC(C)(CC1)c1cc3c4cc(C(c5ccccc5)(c5ccccc5)c5ccccc5)cc5c6cc7c(cc6n(c3cc1C2=O)c45)C(=O)C1(C(C)C)CCC7(C)CC1. The lowest BCUT2D eigenvalue weighted by Gasteiger charge is -2.42. The number of aromatic nitrogens is 1. The average molecular weight is 812 g/mol. The van der Waals surface area contributed by atoms with Gasteiger partial charge in [0.25, 0.3) is 0 Å². The summed E-state index contributed by atoms with van der Waals surface area (Å²) in [6.45, 7) is 13.9. The summed E-state index contributed by atoms with van der Waals surface area (Å²) in [5.41, 5.74) is 11.0. The summed E-state index contributed by atoms with van der Waals surface area (Å²) in [4.78, 5) is 30.4. The second kappa shape index (κ2) is 12.8. The van der Waals surface area contributed by atoms with Gasteiger partial charge in [-0.3, -0.25) is 9.59 Å². The molecule has 2 heterocycles. The van der Waals surface area contributed by atoms with E-state index in [0.29, 0.717) is 11.6 Å². The minimum atomic E-state index is -0.641. The van der Waals surface area contributed by atoms with Crippen LogP contribution in [0.25, 0.3) is 38.1 Å². The van der Waals surface area contributed by atoms with Gasteiger partial charge in [0.2, 0.25) is 0 Å². The zero-order valence-corrected chi connectivity index (χ0v) is 37.2. The van der Waals surface area contributed by atoms with E-state index in [9.17, 15) is 0 Å². The number of Topliss-reactive ketones (excluding diaryl/α,β-unsaturated/α-hetero) is 2. The summed E-state index contributed by atoms with van der Waals surface area (Å²) in [6, 6.07) is 47.6. The number of carbonyl (C=O) groups is 2. The molecule has 6 aliphatic carbocycles. The summed E-state index contributed by atoms with van der Waals surface area (Å²) < 4.78 is 2.46. The van der Waals surface area contributed by atoms with Crippen LogP contribution in [-0.4, -0.2) is 16.0 Å². The van der Waals surface area contributed by atoms with E-state index in [1.165, 1.54) is 60.4 Å². The molecular weight excluding hydrogens is 755 g/mol. The fraction of sp³-hybridized carbons (Fsp3) is 0.356. The van der Waals surface area contributed by atoms with Crippen LogP contribution < -0.4 is 0 Å². The molecule has 0 N–H and O–H groups in total. The highest BCUT2D eigenvalue weighted by Gasteiger charge is 2.54.